The Labute approximate surface area is 112 Å². The molecule has 1 aromatic carbocycles. The molecule has 0 aliphatic carbocycles. The minimum Gasteiger partial charge on any atom is -0.449 e. The van der Waals surface area contributed by atoms with E-state index in [1.165, 1.54) is 6.07 Å². The highest BCUT2D eigenvalue weighted by Crippen LogP contribution is 2.34. The first-order valence-electron chi connectivity index (χ1n) is 5.10. The van der Waals surface area contributed by atoms with E-state index in [4.69, 9.17) is 4.74 Å². The van der Waals surface area contributed by atoms with Crippen LogP contribution in [0.25, 0.3) is 0 Å². The van der Waals surface area contributed by atoms with Gasteiger partial charge in [-0.05, 0) is 34.5 Å². The van der Waals surface area contributed by atoms with Gasteiger partial charge in [0.15, 0.2) is 0 Å². The molecule has 0 aliphatic heterocycles. The number of pyridine rings is 1. The van der Waals surface area contributed by atoms with Crippen molar-refractivity contribution in [3.8, 4) is 11.5 Å². The third-order valence-corrected chi connectivity index (χ3v) is 2.86. The van der Waals surface area contributed by atoms with E-state index in [2.05, 4.69) is 20.9 Å². The minimum absolute atomic E-state index is 0.0567. The number of hydrogen-bond acceptors (Lipinski definition) is 4. The van der Waals surface area contributed by atoms with Gasteiger partial charge in [0.05, 0.1) is 9.40 Å². The van der Waals surface area contributed by atoms with Crippen molar-refractivity contribution in [3.05, 3.63) is 56.8 Å². The average molecular weight is 309 g/mol. The van der Waals surface area contributed by atoms with Crippen LogP contribution in [-0.4, -0.2) is 9.91 Å². The molecule has 0 radical (unpaired) electrons. The number of halogens is 1. The molecular formula is C12H9BrN2O3. The van der Waals surface area contributed by atoms with Gasteiger partial charge in [-0.3, -0.25) is 15.1 Å². The molecule has 5 nitrogen and oxygen atoms in total. The molecule has 92 valence electrons. The zero-order valence-electron chi connectivity index (χ0n) is 9.46. The lowest BCUT2D eigenvalue weighted by Gasteiger charge is -2.07. The summed E-state index contributed by atoms with van der Waals surface area (Å²) in [5.41, 5.74) is 0.751. The summed E-state index contributed by atoms with van der Waals surface area (Å²) in [5.74, 6) is 0.689. The van der Waals surface area contributed by atoms with Gasteiger partial charge >= 0.3 is 5.69 Å². The van der Waals surface area contributed by atoms with Crippen LogP contribution in [0, 0.1) is 17.0 Å². The molecule has 1 heterocycles. The molecule has 0 N–H and O–H groups in total. The van der Waals surface area contributed by atoms with Crippen LogP contribution in [0.3, 0.4) is 0 Å². The Balaban J connectivity index is 2.41. The lowest BCUT2D eigenvalue weighted by molar-refractivity contribution is -0.385. The van der Waals surface area contributed by atoms with E-state index in [0.29, 0.717) is 10.2 Å². The van der Waals surface area contributed by atoms with Gasteiger partial charge < -0.3 is 4.74 Å². The number of nitro benzene ring substituents is 1. The topological polar surface area (TPSA) is 65.3 Å². The number of nitro groups is 1. The predicted molar refractivity (Wildman–Crippen MR) is 69.8 cm³/mol. The van der Waals surface area contributed by atoms with Crippen molar-refractivity contribution in [2.75, 3.05) is 0 Å². The van der Waals surface area contributed by atoms with Crippen molar-refractivity contribution in [2.24, 2.45) is 0 Å². The van der Waals surface area contributed by atoms with Gasteiger partial charge in [0, 0.05) is 24.5 Å². The van der Waals surface area contributed by atoms with Crippen molar-refractivity contribution in [1.82, 2.24) is 4.98 Å². The van der Waals surface area contributed by atoms with Crippen molar-refractivity contribution >= 4 is 21.6 Å². The quantitative estimate of drug-likeness (QED) is 0.638. The second kappa shape index (κ2) is 5.14. The summed E-state index contributed by atoms with van der Waals surface area (Å²) in [6.45, 7) is 1.79. The standard InChI is InChI=1S/C12H9BrN2O3/c1-8-2-3-12(10(6-8)15(16)17)18-11-4-5-14-7-9(11)13/h2-7H,1H3. The van der Waals surface area contributed by atoms with Crippen LogP contribution in [0.2, 0.25) is 0 Å². The third-order valence-electron chi connectivity index (χ3n) is 2.27. The normalized spacial score (nSPS) is 10.1. The Kier molecular flexibility index (Phi) is 3.57. The van der Waals surface area contributed by atoms with Gasteiger partial charge in [-0.15, -0.1) is 0 Å². The fourth-order valence-electron chi connectivity index (χ4n) is 1.42. The molecule has 0 saturated heterocycles. The van der Waals surface area contributed by atoms with Gasteiger partial charge in [0.2, 0.25) is 5.75 Å². The smallest absolute Gasteiger partial charge is 0.311 e. The molecule has 0 fully saturated rings. The molecule has 2 rings (SSSR count). The predicted octanol–water partition coefficient (Wildman–Crippen LogP) is 3.85. The van der Waals surface area contributed by atoms with E-state index in [9.17, 15) is 10.1 Å². The summed E-state index contributed by atoms with van der Waals surface area (Å²) >= 11 is 3.27. The van der Waals surface area contributed by atoms with Crippen LogP contribution in [0.5, 0.6) is 11.5 Å². The van der Waals surface area contributed by atoms with E-state index < -0.39 is 4.92 Å². The molecule has 0 unspecified atom stereocenters. The highest BCUT2D eigenvalue weighted by Gasteiger charge is 2.16. The lowest BCUT2D eigenvalue weighted by atomic mass is 10.2. The number of benzene rings is 1. The van der Waals surface area contributed by atoms with Crippen molar-refractivity contribution in [2.45, 2.75) is 6.92 Å². The highest BCUT2D eigenvalue weighted by atomic mass is 79.9. The van der Waals surface area contributed by atoms with Crippen LogP contribution in [0.15, 0.2) is 41.1 Å². The largest absolute Gasteiger partial charge is 0.449 e. The Morgan fingerprint density at radius 1 is 1.33 bits per heavy atom. The van der Waals surface area contributed by atoms with Gasteiger partial charge in [0.25, 0.3) is 0 Å². The van der Waals surface area contributed by atoms with Crippen molar-refractivity contribution < 1.29 is 9.66 Å². The first-order chi connectivity index (χ1) is 8.58. The monoisotopic (exact) mass is 308 g/mol. The van der Waals surface area contributed by atoms with Crippen LogP contribution >= 0.6 is 15.9 Å². The Bertz CT molecular complexity index is 602. The SMILES string of the molecule is Cc1ccc(Oc2ccncc2Br)c([N+](=O)[O-])c1. The van der Waals surface area contributed by atoms with Crippen LogP contribution < -0.4 is 4.74 Å². The lowest BCUT2D eigenvalue weighted by Crippen LogP contribution is -1.94. The maximum Gasteiger partial charge on any atom is 0.311 e. The Morgan fingerprint density at radius 2 is 2.11 bits per heavy atom. The molecule has 0 atom stereocenters. The van der Waals surface area contributed by atoms with Crippen molar-refractivity contribution in [1.29, 1.82) is 0 Å². The van der Waals surface area contributed by atoms with Gasteiger partial charge in [-0.1, -0.05) is 6.07 Å². The van der Waals surface area contributed by atoms with Gasteiger partial charge in [-0.2, -0.15) is 0 Å². The molecular weight excluding hydrogens is 300 g/mol. The highest BCUT2D eigenvalue weighted by molar-refractivity contribution is 9.10. The molecule has 0 saturated carbocycles. The maximum atomic E-state index is 11.0. The summed E-state index contributed by atoms with van der Waals surface area (Å²) in [6, 6.07) is 6.45. The zero-order valence-corrected chi connectivity index (χ0v) is 11.0. The summed E-state index contributed by atoms with van der Waals surface area (Å²) in [4.78, 5) is 14.4. The summed E-state index contributed by atoms with van der Waals surface area (Å²) in [6.07, 6.45) is 3.12. The Hall–Kier alpha value is -1.95. The third kappa shape index (κ3) is 2.65. The molecule has 18 heavy (non-hydrogen) atoms. The number of rotatable bonds is 3. The minimum atomic E-state index is -0.461. The maximum absolute atomic E-state index is 11.0. The van der Waals surface area contributed by atoms with Crippen LogP contribution in [0.4, 0.5) is 5.69 Å². The summed E-state index contributed by atoms with van der Waals surface area (Å²) < 4.78 is 6.17. The molecule has 6 heteroatoms. The first-order valence-corrected chi connectivity index (χ1v) is 5.89. The van der Waals surface area contributed by atoms with Gasteiger partial charge in [0.1, 0.15) is 5.75 Å². The molecule has 0 bridgehead atoms. The van der Waals surface area contributed by atoms with E-state index in [1.54, 1.807) is 37.5 Å². The number of nitrogens with zero attached hydrogens (tertiary/aromatic N) is 2. The summed E-state index contributed by atoms with van der Waals surface area (Å²) in [7, 11) is 0. The number of aromatic nitrogens is 1. The second-order valence-corrected chi connectivity index (χ2v) is 4.49. The van der Waals surface area contributed by atoms with E-state index in [0.717, 1.165) is 5.56 Å². The number of aryl methyl sites for hydroxylation is 1. The van der Waals surface area contributed by atoms with E-state index in [1.807, 2.05) is 0 Å². The van der Waals surface area contributed by atoms with Crippen LogP contribution in [0.1, 0.15) is 5.56 Å². The molecule has 0 amide bonds. The second-order valence-electron chi connectivity index (χ2n) is 3.64. The van der Waals surface area contributed by atoms with E-state index >= 15 is 0 Å². The zero-order chi connectivity index (χ0) is 13.1. The van der Waals surface area contributed by atoms with Gasteiger partial charge in [-0.25, -0.2) is 0 Å². The molecule has 0 aliphatic rings. The number of ether oxygens (including phenoxy) is 1. The van der Waals surface area contributed by atoms with Crippen LogP contribution in [-0.2, 0) is 0 Å². The summed E-state index contributed by atoms with van der Waals surface area (Å²) in [5, 5.41) is 11.0. The molecule has 2 aromatic rings. The fraction of sp³-hybridized carbons (Fsp3) is 0.0833. The first kappa shape index (κ1) is 12.5. The van der Waals surface area contributed by atoms with Crippen molar-refractivity contribution in [3.63, 3.8) is 0 Å². The average Bonchev–Trinajstić information content (AvgIpc) is 2.34. The Morgan fingerprint density at radius 3 is 2.78 bits per heavy atom. The van der Waals surface area contributed by atoms with E-state index in [-0.39, 0.29) is 11.4 Å². The fourth-order valence-corrected chi connectivity index (χ4v) is 1.75. The molecule has 1 aromatic heterocycles. The number of hydrogen-bond donors (Lipinski definition) is 0. The molecule has 0 spiro atoms.